The molecule has 182 valence electrons. The van der Waals surface area contributed by atoms with Crippen molar-refractivity contribution in [3.8, 4) is 0 Å². The predicted octanol–water partition coefficient (Wildman–Crippen LogP) is 5.32. The Kier molecular flexibility index (Phi) is 28.0. The summed E-state index contributed by atoms with van der Waals surface area (Å²) in [6.07, 6.45) is 26.7. The molecular formula is C25H51NaO4S. The van der Waals surface area contributed by atoms with E-state index in [4.69, 9.17) is 0 Å². The van der Waals surface area contributed by atoms with E-state index in [2.05, 4.69) is 18.0 Å². The topological polar surface area (TPSA) is 66.4 Å². The van der Waals surface area contributed by atoms with E-state index in [1.54, 1.807) is 0 Å². The second-order valence-electron chi connectivity index (χ2n) is 9.15. The molecule has 0 radical (unpaired) electrons. The second kappa shape index (κ2) is 25.5. The Bertz CT molecular complexity index is 443. The Morgan fingerprint density at radius 2 is 0.871 bits per heavy atom. The van der Waals surface area contributed by atoms with Crippen molar-refractivity contribution in [1.29, 1.82) is 0 Å². The fourth-order valence-electron chi connectivity index (χ4n) is 4.15. The molecule has 0 fully saturated rings. The largest absolute Gasteiger partial charge is 1.00 e. The summed E-state index contributed by atoms with van der Waals surface area (Å²) in [5, 5.41) is 0. The maximum absolute atomic E-state index is 10.8. The van der Waals surface area contributed by atoms with Crippen LogP contribution < -0.4 is 29.6 Å². The standard InChI is InChI=1S/C25H52O4S.Na/c1-3-5-7-9-10-11-12-13-14-15-16-17-19-21-23-25(24-29-30(26,27)28)22-20-18-8-6-4-2;/h25H,3-24H2,1-2H3,(H,26,27,28);/q;+1/p-1. The first-order chi connectivity index (χ1) is 14.5. The zero-order valence-corrected chi connectivity index (χ0v) is 24.0. The maximum atomic E-state index is 10.8. The normalized spacial score (nSPS) is 12.6. The number of hydrogen-bond acceptors (Lipinski definition) is 4. The minimum Gasteiger partial charge on any atom is -0.726 e. The van der Waals surface area contributed by atoms with Gasteiger partial charge >= 0.3 is 29.6 Å². The SMILES string of the molecule is CCCCCCCCCCCCCCCCC(CCCCCCC)COS(=O)(=O)[O-].[Na+]. The van der Waals surface area contributed by atoms with E-state index >= 15 is 0 Å². The van der Waals surface area contributed by atoms with E-state index in [1.807, 2.05) is 0 Å². The van der Waals surface area contributed by atoms with Gasteiger partial charge in [0.1, 0.15) is 0 Å². The third kappa shape index (κ3) is 28.8. The third-order valence-corrected chi connectivity index (χ3v) is 6.55. The van der Waals surface area contributed by atoms with Crippen molar-refractivity contribution in [1.82, 2.24) is 0 Å². The molecule has 0 spiro atoms. The third-order valence-electron chi connectivity index (χ3n) is 6.13. The molecule has 31 heavy (non-hydrogen) atoms. The molecule has 0 aromatic carbocycles. The van der Waals surface area contributed by atoms with Crippen molar-refractivity contribution in [3.63, 3.8) is 0 Å². The van der Waals surface area contributed by atoms with Gasteiger partial charge in [0, 0.05) is 0 Å². The van der Waals surface area contributed by atoms with Gasteiger partial charge in [-0.1, -0.05) is 136 Å². The van der Waals surface area contributed by atoms with Gasteiger partial charge in [0.2, 0.25) is 10.4 Å². The van der Waals surface area contributed by atoms with E-state index in [0.717, 1.165) is 25.7 Å². The van der Waals surface area contributed by atoms with Crippen LogP contribution in [0.25, 0.3) is 0 Å². The average Bonchev–Trinajstić information content (AvgIpc) is 2.70. The zero-order valence-electron chi connectivity index (χ0n) is 21.2. The van der Waals surface area contributed by atoms with Gasteiger partial charge in [-0.05, 0) is 18.8 Å². The van der Waals surface area contributed by atoms with Crippen LogP contribution in [0.4, 0.5) is 0 Å². The van der Waals surface area contributed by atoms with Crippen molar-refractivity contribution < 1.29 is 46.7 Å². The molecule has 0 rings (SSSR count). The maximum Gasteiger partial charge on any atom is 1.00 e. The molecule has 0 N–H and O–H groups in total. The summed E-state index contributed by atoms with van der Waals surface area (Å²) in [6.45, 7) is 4.54. The van der Waals surface area contributed by atoms with Crippen molar-refractivity contribution in [2.24, 2.45) is 5.92 Å². The van der Waals surface area contributed by atoms with Crippen LogP contribution in [0.15, 0.2) is 0 Å². The molecule has 0 aromatic rings. The second-order valence-corrected chi connectivity index (χ2v) is 10.2. The quantitative estimate of drug-likeness (QED) is 0.0829. The molecule has 0 aliphatic heterocycles. The van der Waals surface area contributed by atoms with Crippen LogP contribution in [-0.4, -0.2) is 19.6 Å². The molecule has 0 bridgehead atoms. The molecule has 0 heterocycles. The first-order valence-electron chi connectivity index (χ1n) is 13.1. The van der Waals surface area contributed by atoms with Gasteiger partial charge in [-0.15, -0.1) is 0 Å². The molecule has 0 saturated heterocycles. The minimum atomic E-state index is -4.57. The number of hydrogen-bond donors (Lipinski definition) is 0. The van der Waals surface area contributed by atoms with Crippen LogP contribution in [0.1, 0.15) is 149 Å². The molecule has 1 atom stereocenters. The molecule has 0 aliphatic carbocycles. The van der Waals surface area contributed by atoms with Gasteiger partial charge in [0.25, 0.3) is 0 Å². The molecule has 6 heteroatoms. The summed E-state index contributed by atoms with van der Waals surface area (Å²) >= 11 is 0. The van der Waals surface area contributed by atoms with E-state index in [9.17, 15) is 13.0 Å². The van der Waals surface area contributed by atoms with E-state index < -0.39 is 10.4 Å². The zero-order chi connectivity index (χ0) is 22.3. The van der Waals surface area contributed by atoms with Crippen molar-refractivity contribution >= 4 is 10.4 Å². The van der Waals surface area contributed by atoms with E-state index in [1.165, 1.54) is 109 Å². The van der Waals surface area contributed by atoms with Gasteiger partial charge in [0.05, 0.1) is 6.61 Å². The first kappa shape index (κ1) is 34.0. The van der Waals surface area contributed by atoms with Gasteiger partial charge in [0.15, 0.2) is 0 Å². The van der Waals surface area contributed by atoms with Gasteiger partial charge in [-0.3, -0.25) is 4.18 Å². The smallest absolute Gasteiger partial charge is 0.726 e. The van der Waals surface area contributed by atoms with Gasteiger partial charge in [-0.2, -0.15) is 0 Å². The van der Waals surface area contributed by atoms with Crippen LogP contribution >= 0.6 is 0 Å². The summed E-state index contributed by atoms with van der Waals surface area (Å²) in [6, 6.07) is 0. The Morgan fingerprint density at radius 1 is 0.581 bits per heavy atom. The first-order valence-corrected chi connectivity index (χ1v) is 14.4. The van der Waals surface area contributed by atoms with Gasteiger partial charge < -0.3 is 4.55 Å². The summed E-state index contributed by atoms with van der Waals surface area (Å²) < 4.78 is 36.9. The monoisotopic (exact) mass is 470 g/mol. The number of rotatable bonds is 24. The van der Waals surface area contributed by atoms with Crippen LogP contribution in [0.2, 0.25) is 0 Å². The molecule has 0 amide bonds. The van der Waals surface area contributed by atoms with Crippen LogP contribution in [0, 0.1) is 5.92 Å². The number of unbranched alkanes of at least 4 members (excludes halogenated alkanes) is 17. The average molecular weight is 471 g/mol. The predicted molar refractivity (Wildman–Crippen MR) is 127 cm³/mol. The molecular weight excluding hydrogens is 419 g/mol. The molecule has 0 saturated carbocycles. The van der Waals surface area contributed by atoms with Crippen LogP contribution in [-0.2, 0) is 14.6 Å². The van der Waals surface area contributed by atoms with Crippen molar-refractivity contribution in [2.75, 3.05) is 6.61 Å². The van der Waals surface area contributed by atoms with E-state index in [-0.39, 0.29) is 42.1 Å². The fourth-order valence-corrected chi connectivity index (χ4v) is 4.51. The Labute approximate surface area is 217 Å². The Balaban J connectivity index is 0. The van der Waals surface area contributed by atoms with Crippen LogP contribution in [0.5, 0.6) is 0 Å². The van der Waals surface area contributed by atoms with E-state index in [0.29, 0.717) is 0 Å². The summed E-state index contributed by atoms with van der Waals surface area (Å²) in [5.74, 6) is 0.202. The fraction of sp³-hybridized carbons (Fsp3) is 1.00. The van der Waals surface area contributed by atoms with Crippen molar-refractivity contribution in [3.05, 3.63) is 0 Å². The summed E-state index contributed by atoms with van der Waals surface area (Å²) in [4.78, 5) is 0. The molecule has 1 unspecified atom stereocenters. The van der Waals surface area contributed by atoms with Crippen LogP contribution in [0.3, 0.4) is 0 Å². The minimum absolute atomic E-state index is 0. The molecule has 4 nitrogen and oxygen atoms in total. The summed E-state index contributed by atoms with van der Waals surface area (Å²) in [7, 11) is -4.57. The van der Waals surface area contributed by atoms with Gasteiger partial charge in [-0.25, -0.2) is 8.42 Å². The molecule has 0 aromatic heterocycles. The Hall–Kier alpha value is 0.870. The Morgan fingerprint density at radius 3 is 1.16 bits per heavy atom. The molecule has 0 aliphatic rings. The van der Waals surface area contributed by atoms with Crippen molar-refractivity contribution in [2.45, 2.75) is 149 Å². The summed E-state index contributed by atoms with van der Waals surface area (Å²) in [5.41, 5.74) is 0.